The maximum Gasteiger partial charge on any atom is 0.156 e. The largest absolute Gasteiger partial charge is 0.345 e. The molecule has 1 aromatic carbocycles. The molecule has 0 spiro atoms. The Morgan fingerprint density at radius 2 is 1.72 bits per heavy atom. The minimum absolute atomic E-state index is 0.115. The number of hydrogen-bond donors (Lipinski definition) is 1. The van der Waals surface area contributed by atoms with Crippen LogP contribution in [0, 0.1) is 12.3 Å². The highest BCUT2D eigenvalue weighted by molar-refractivity contribution is 5.78. The van der Waals surface area contributed by atoms with Crippen LogP contribution in [0.1, 0.15) is 58.2 Å². The van der Waals surface area contributed by atoms with Gasteiger partial charge in [-0.05, 0) is 47.4 Å². The number of fused-ring (bicyclic) bond motifs is 1. The number of aryl methyl sites for hydroxylation is 1. The smallest absolute Gasteiger partial charge is 0.156 e. The average molecular weight is 335 g/mol. The topological polar surface area (TPSA) is 41.6 Å². The Morgan fingerprint density at radius 1 is 1.00 bits per heavy atom. The zero-order chi connectivity index (χ0) is 18.4. The Kier molecular flexibility index (Phi) is 4.22. The van der Waals surface area contributed by atoms with Crippen molar-refractivity contribution in [3.05, 3.63) is 47.3 Å². The molecular weight excluding hydrogens is 306 g/mol. The highest BCUT2D eigenvalue weighted by Crippen LogP contribution is 2.30. The van der Waals surface area contributed by atoms with Crippen LogP contribution in [0.5, 0.6) is 0 Å². The van der Waals surface area contributed by atoms with E-state index in [4.69, 9.17) is 4.98 Å². The summed E-state index contributed by atoms with van der Waals surface area (Å²) >= 11 is 0. The summed E-state index contributed by atoms with van der Waals surface area (Å²) < 4.78 is 0. The van der Waals surface area contributed by atoms with Crippen LogP contribution in [0.15, 0.2) is 30.6 Å². The summed E-state index contributed by atoms with van der Waals surface area (Å²) in [4.78, 5) is 12.8. The van der Waals surface area contributed by atoms with Crippen molar-refractivity contribution in [2.75, 3.05) is 0 Å². The van der Waals surface area contributed by atoms with Crippen LogP contribution in [-0.2, 0) is 11.8 Å². The van der Waals surface area contributed by atoms with Gasteiger partial charge in [0.2, 0.25) is 0 Å². The quantitative estimate of drug-likeness (QED) is 0.641. The van der Waals surface area contributed by atoms with Crippen LogP contribution < -0.4 is 0 Å². The van der Waals surface area contributed by atoms with Crippen LogP contribution in [-0.4, -0.2) is 15.0 Å². The third kappa shape index (κ3) is 3.92. The molecule has 0 unspecified atom stereocenters. The fraction of sp³-hybridized carbons (Fsp3) is 0.455. The molecule has 3 heteroatoms. The van der Waals surface area contributed by atoms with Crippen molar-refractivity contribution >= 4 is 11.2 Å². The fourth-order valence-corrected chi connectivity index (χ4v) is 3.15. The summed E-state index contributed by atoms with van der Waals surface area (Å²) in [5.74, 6) is 0. The summed E-state index contributed by atoms with van der Waals surface area (Å²) in [5, 5.41) is 0. The van der Waals surface area contributed by atoms with Gasteiger partial charge in [-0.25, -0.2) is 9.97 Å². The third-order valence-electron chi connectivity index (χ3n) is 4.42. The number of benzene rings is 1. The predicted octanol–water partition coefficient (Wildman–Crippen LogP) is 5.82. The number of H-pyrrole nitrogens is 1. The number of nitrogens with one attached hydrogen (secondary N) is 1. The van der Waals surface area contributed by atoms with Crippen molar-refractivity contribution in [1.29, 1.82) is 0 Å². The first-order chi connectivity index (χ1) is 11.5. The summed E-state index contributed by atoms with van der Waals surface area (Å²) in [6.07, 6.45) is 4.91. The van der Waals surface area contributed by atoms with Gasteiger partial charge in [-0.1, -0.05) is 53.2 Å². The van der Waals surface area contributed by atoms with Gasteiger partial charge in [0.1, 0.15) is 5.52 Å². The molecule has 2 aromatic heterocycles. The molecule has 0 saturated carbocycles. The van der Waals surface area contributed by atoms with Gasteiger partial charge in [0, 0.05) is 11.8 Å². The normalized spacial score (nSPS) is 12.8. The predicted molar refractivity (Wildman–Crippen MR) is 106 cm³/mol. The summed E-state index contributed by atoms with van der Waals surface area (Å²) in [7, 11) is 0. The highest BCUT2D eigenvalue weighted by atomic mass is 14.9. The van der Waals surface area contributed by atoms with E-state index in [0.29, 0.717) is 0 Å². The monoisotopic (exact) mass is 335 g/mol. The zero-order valence-electron chi connectivity index (χ0n) is 16.5. The van der Waals surface area contributed by atoms with Crippen molar-refractivity contribution in [1.82, 2.24) is 15.0 Å². The van der Waals surface area contributed by atoms with Crippen molar-refractivity contribution in [3.63, 3.8) is 0 Å². The van der Waals surface area contributed by atoms with E-state index >= 15 is 0 Å². The van der Waals surface area contributed by atoms with Crippen LogP contribution in [0.3, 0.4) is 0 Å². The first-order valence-corrected chi connectivity index (χ1v) is 8.98. The van der Waals surface area contributed by atoms with Gasteiger partial charge in [0.05, 0.1) is 11.9 Å². The second-order valence-electron chi connectivity index (χ2n) is 9.34. The van der Waals surface area contributed by atoms with E-state index < -0.39 is 0 Å². The Morgan fingerprint density at radius 3 is 2.36 bits per heavy atom. The first-order valence-electron chi connectivity index (χ1n) is 8.98. The SMILES string of the molecule is Cc1cc(-c2cnc3[nH]cc(CC(C)(C)C)c3n2)cc(C(C)(C)C)c1. The molecule has 0 amide bonds. The van der Waals surface area contributed by atoms with Crippen LogP contribution in [0.25, 0.3) is 22.4 Å². The Labute approximate surface area is 150 Å². The molecule has 0 aliphatic rings. The molecule has 3 nitrogen and oxygen atoms in total. The van der Waals surface area contributed by atoms with E-state index in [1.165, 1.54) is 16.7 Å². The lowest BCUT2D eigenvalue weighted by Gasteiger charge is -2.20. The standard InChI is InChI=1S/C22H29N3/c1-14-8-15(10-17(9-14)22(5,6)7)18-13-24-20-19(25-18)16(12-23-20)11-21(2,3)4/h8-10,12-13H,11H2,1-7H3,(H,23,24). The molecule has 0 radical (unpaired) electrons. The van der Waals surface area contributed by atoms with E-state index in [-0.39, 0.29) is 10.8 Å². The number of rotatable bonds is 2. The van der Waals surface area contributed by atoms with Crippen LogP contribution >= 0.6 is 0 Å². The lowest BCUT2D eigenvalue weighted by atomic mass is 9.85. The molecule has 3 aromatic rings. The Hall–Kier alpha value is -2.16. The summed E-state index contributed by atoms with van der Waals surface area (Å²) in [6.45, 7) is 15.6. The van der Waals surface area contributed by atoms with Gasteiger partial charge in [-0.2, -0.15) is 0 Å². The zero-order valence-corrected chi connectivity index (χ0v) is 16.5. The van der Waals surface area contributed by atoms with E-state index in [1.54, 1.807) is 0 Å². The van der Waals surface area contributed by atoms with Gasteiger partial charge < -0.3 is 4.98 Å². The number of aromatic amines is 1. The average Bonchev–Trinajstić information content (AvgIpc) is 2.86. The van der Waals surface area contributed by atoms with E-state index in [1.807, 2.05) is 6.20 Å². The second-order valence-corrected chi connectivity index (χ2v) is 9.34. The molecule has 132 valence electrons. The lowest BCUT2D eigenvalue weighted by Crippen LogP contribution is -2.11. The molecule has 2 heterocycles. The van der Waals surface area contributed by atoms with Crippen molar-refractivity contribution in [3.8, 4) is 11.3 Å². The minimum atomic E-state index is 0.115. The molecule has 0 aliphatic heterocycles. The number of nitrogens with zero attached hydrogens (tertiary/aromatic N) is 2. The molecule has 0 bridgehead atoms. The van der Waals surface area contributed by atoms with Gasteiger partial charge in [-0.3, -0.25) is 0 Å². The number of hydrogen-bond acceptors (Lipinski definition) is 2. The molecule has 0 atom stereocenters. The molecule has 0 saturated heterocycles. The van der Waals surface area contributed by atoms with Crippen molar-refractivity contribution in [2.24, 2.45) is 5.41 Å². The molecule has 1 N–H and O–H groups in total. The van der Waals surface area contributed by atoms with Gasteiger partial charge in [-0.15, -0.1) is 0 Å². The molecule has 25 heavy (non-hydrogen) atoms. The first kappa shape index (κ1) is 17.7. The minimum Gasteiger partial charge on any atom is -0.345 e. The summed E-state index contributed by atoms with van der Waals surface area (Å²) in [6, 6.07) is 6.71. The maximum absolute atomic E-state index is 4.96. The summed E-state index contributed by atoms with van der Waals surface area (Å²) in [5.41, 5.74) is 8.10. The van der Waals surface area contributed by atoms with Crippen molar-refractivity contribution < 1.29 is 0 Å². The van der Waals surface area contributed by atoms with E-state index in [2.05, 4.69) is 82.8 Å². The van der Waals surface area contributed by atoms with Gasteiger partial charge >= 0.3 is 0 Å². The molecule has 0 aliphatic carbocycles. The lowest BCUT2D eigenvalue weighted by molar-refractivity contribution is 0.412. The third-order valence-corrected chi connectivity index (χ3v) is 4.42. The Balaban J connectivity index is 2.10. The number of aromatic nitrogens is 3. The second kappa shape index (κ2) is 5.98. The van der Waals surface area contributed by atoms with E-state index in [9.17, 15) is 0 Å². The van der Waals surface area contributed by atoms with Crippen molar-refractivity contribution in [2.45, 2.75) is 60.3 Å². The molecule has 3 rings (SSSR count). The molecule has 0 fully saturated rings. The van der Waals surface area contributed by atoms with Gasteiger partial charge in [0.15, 0.2) is 5.65 Å². The Bertz CT molecular complexity index is 905. The highest BCUT2D eigenvalue weighted by Gasteiger charge is 2.18. The van der Waals surface area contributed by atoms with E-state index in [0.717, 1.165) is 28.8 Å². The van der Waals surface area contributed by atoms with Gasteiger partial charge in [0.25, 0.3) is 0 Å². The van der Waals surface area contributed by atoms with Crippen LogP contribution in [0.2, 0.25) is 0 Å². The maximum atomic E-state index is 4.96. The fourth-order valence-electron chi connectivity index (χ4n) is 3.15. The van der Waals surface area contributed by atoms with Crippen LogP contribution in [0.4, 0.5) is 0 Å². The molecular formula is C22H29N3.